The van der Waals surface area contributed by atoms with Gasteiger partial charge in [0.05, 0.1) is 6.10 Å². The lowest BCUT2D eigenvalue weighted by Gasteiger charge is -2.04. The fraction of sp³-hybridized carbons (Fsp3) is 0.778. The molecule has 0 fully saturated rings. The van der Waals surface area contributed by atoms with Crippen LogP contribution in [0.2, 0.25) is 0 Å². The molecule has 10 heavy (non-hydrogen) atoms. The Kier molecular flexibility index (Phi) is 10.8. The maximum atomic E-state index is 8.63. The van der Waals surface area contributed by atoms with E-state index in [4.69, 9.17) is 5.11 Å². The summed E-state index contributed by atoms with van der Waals surface area (Å²) in [6.45, 7) is 9.78. The maximum absolute atomic E-state index is 8.63. The van der Waals surface area contributed by atoms with E-state index in [1.807, 2.05) is 39.8 Å². The zero-order valence-electron chi connectivity index (χ0n) is 7.76. The molecule has 0 rings (SSSR count). The van der Waals surface area contributed by atoms with E-state index in [0.717, 1.165) is 0 Å². The summed E-state index contributed by atoms with van der Waals surface area (Å²) in [6, 6.07) is 0. The fourth-order valence-corrected chi connectivity index (χ4v) is 0. The number of hydrogen-bond acceptors (Lipinski definition) is 1. The summed E-state index contributed by atoms with van der Waals surface area (Å²) in [5.41, 5.74) is 0. The van der Waals surface area contributed by atoms with E-state index >= 15 is 0 Å². The first-order valence-corrected chi connectivity index (χ1v) is 3.81. The molecule has 0 aliphatic rings. The molecule has 62 valence electrons. The molecule has 0 bridgehead atoms. The summed E-state index contributed by atoms with van der Waals surface area (Å²) in [6.07, 6.45) is 3.85. The zero-order valence-corrected chi connectivity index (χ0v) is 7.76. The molecule has 0 saturated heterocycles. The van der Waals surface area contributed by atoms with Crippen LogP contribution in [0.15, 0.2) is 12.2 Å². The van der Waals surface area contributed by atoms with E-state index in [-0.39, 0.29) is 6.10 Å². The molecule has 0 aromatic heterocycles. The third-order valence-electron chi connectivity index (χ3n) is 1.30. The van der Waals surface area contributed by atoms with Crippen molar-refractivity contribution in [2.24, 2.45) is 5.92 Å². The van der Waals surface area contributed by atoms with Crippen LogP contribution in [0.3, 0.4) is 0 Å². The van der Waals surface area contributed by atoms with Crippen molar-refractivity contribution in [3.05, 3.63) is 12.2 Å². The van der Waals surface area contributed by atoms with Gasteiger partial charge in [0.2, 0.25) is 0 Å². The van der Waals surface area contributed by atoms with Gasteiger partial charge in [0.25, 0.3) is 0 Å². The molecule has 0 saturated carbocycles. The Morgan fingerprint density at radius 2 is 1.20 bits per heavy atom. The molecule has 1 unspecified atom stereocenters. The number of aliphatic hydroxyl groups excluding tert-OH is 1. The van der Waals surface area contributed by atoms with E-state index in [0.29, 0.717) is 5.92 Å². The van der Waals surface area contributed by atoms with Crippen molar-refractivity contribution in [3.63, 3.8) is 0 Å². The smallest absolute Gasteiger partial charge is 0.0535 e. The summed E-state index contributed by atoms with van der Waals surface area (Å²) in [4.78, 5) is 0. The van der Waals surface area contributed by atoms with Crippen LogP contribution in [0.5, 0.6) is 0 Å². The second-order valence-electron chi connectivity index (χ2n) is 2.65. The molecule has 0 aromatic carbocycles. The highest BCUT2D eigenvalue weighted by molar-refractivity contribution is 4.68. The predicted octanol–water partition coefficient (Wildman–Crippen LogP) is 2.61. The minimum atomic E-state index is -0.148. The Hall–Kier alpha value is -0.300. The summed E-state index contributed by atoms with van der Waals surface area (Å²) in [7, 11) is 0. The molecule has 1 nitrogen and oxygen atoms in total. The molecule has 1 atom stereocenters. The molecule has 0 aliphatic heterocycles. The first-order valence-electron chi connectivity index (χ1n) is 3.81. The molecule has 0 heterocycles. The van der Waals surface area contributed by atoms with Crippen molar-refractivity contribution in [3.8, 4) is 0 Å². The minimum Gasteiger partial charge on any atom is -0.393 e. The average Bonchev–Trinajstić information content (AvgIpc) is 1.89. The molecular formula is C9H20O. The van der Waals surface area contributed by atoms with Gasteiger partial charge in [-0.05, 0) is 26.7 Å². The van der Waals surface area contributed by atoms with E-state index in [1.165, 1.54) is 0 Å². The molecule has 0 radical (unpaired) electrons. The third kappa shape index (κ3) is 15.6. The monoisotopic (exact) mass is 144 g/mol. The van der Waals surface area contributed by atoms with Crippen molar-refractivity contribution >= 4 is 0 Å². The zero-order chi connectivity index (χ0) is 8.57. The number of aliphatic hydroxyl groups is 1. The maximum Gasteiger partial charge on any atom is 0.0535 e. The molecule has 0 amide bonds. The molecule has 0 aliphatic carbocycles. The van der Waals surface area contributed by atoms with E-state index in [2.05, 4.69) is 0 Å². The molecular weight excluding hydrogens is 124 g/mol. The highest BCUT2D eigenvalue weighted by Gasteiger charge is 1.97. The van der Waals surface area contributed by atoms with Gasteiger partial charge < -0.3 is 5.11 Å². The molecule has 1 heteroatoms. The Bertz CT molecular complexity index is 62.8. The molecule has 1 N–H and O–H groups in total. The van der Waals surface area contributed by atoms with Crippen molar-refractivity contribution in [1.82, 2.24) is 0 Å². The summed E-state index contributed by atoms with van der Waals surface area (Å²) in [5.74, 6) is 0.407. The SMILES string of the molecule is C/C=C/C.CC(C)C(C)O. The normalized spacial score (nSPS) is 13.1. The van der Waals surface area contributed by atoms with Crippen LogP contribution in [0.25, 0.3) is 0 Å². The quantitative estimate of drug-likeness (QED) is 0.561. The van der Waals surface area contributed by atoms with Gasteiger partial charge in [-0.25, -0.2) is 0 Å². The van der Waals surface area contributed by atoms with Crippen molar-refractivity contribution in [2.75, 3.05) is 0 Å². The van der Waals surface area contributed by atoms with Crippen molar-refractivity contribution in [2.45, 2.75) is 40.7 Å². The van der Waals surface area contributed by atoms with Gasteiger partial charge in [-0.1, -0.05) is 26.0 Å². The van der Waals surface area contributed by atoms with Gasteiger partial charge >= 0.3 is 0 Å². The first-order chi connectivity index (χ1) is 4.56. The van der Waals surface area contributed by atoms with Crippen molar-refractivity contribution < 1.29 is 5.11 Å². The van der Waals surface area contributed by atoms with Crippen molar-refractivity contribution in [1.29, 1.82) is 0 Å². The van der Waals surface area contributed by atoms with Crippen LogP contribution in [0.1, 0.15) is 34.6 Å². The lowest BCUT2D eigenvalue weighted by atomic mass is 10.1. The second kappa shape index (κ2) is 8.70. The Labute approximate surface area is 64.8 Å². The summed E-state index contributed by atoms with van der Waals surface area (Å²) in [5, 5.41) is 8.63. The van der Waals surface area contributed by atoms with E-state index in [1.54, 1.807) is 6.92 Å². The summed E-state index contributed by atoms with van der Waals surface area (Å²) < 4.78 is 0. The van der Waals surface area contributed by atoms with E-state index < -0.39 is 0 Å². The number of hydrogen-bond donors (Lipinski definition) is 1. The average molecular weight is 144 g/mol. The van der Waals surface area contributed by atoms with Crippen LogP contribution >= 0.6 is 0 Å². The van der Waals surface area contributed by atoms with Gasteiger partial charge in [-0.3, -0.25) is 0 Å². The summed E-state index contributed by atoms with van der Waals surface area (Å²) >= 11 is 0. The Balaban J connectivity index is 0. The first kappa shape index (κ1) is 12.4. The van der Waals surface area contributed by atoms with Gasteiger partial charge in [0, 0.05) is 0 Å². The number of rotatable bonds is 1. The van der Waals surface area contributed by atoms with Gasteiger partial charge in [0.1, 0.15) is 0 Å². The number of allylic oxidation sites excluding steroid dienone is 2. The highest BCUT2D eigenvalue weighted by atomic mass is 16.3. The van der Waals surface area contributed by atoms with Crippen LogP contribution in [0, 0.1) is 5.92 Å². The Morgan fingerprint density at radius 1 is 1.00 bits per heavy atom. The van der Waals surface area contributed by atoms with Gasteiger partial charge in [-0.15, -0.1) is 0 Å². The lowest BCUT2D eigenvalue weighted by molar-refractivity contribution is 0.144. The van der Waals surface area contributed by atoms with Crippen LogP contribution in [-0.2, 0) is 0 Å². The largest absolute Gasteiger partial charge is 0.393 e. The second-order valence-corrected chi connectivity index (χ2v) is 2.65. The lowest BCUT2D eigenvalue weighted by Crippen LogP contribution is -2.07. The van der Waals surface area contributed by atoms with E-state index in [9.17, 15) is 0 Å². The Morgan fingerprint density at radius 3 is 1.20 bits per heavy atom. The molecule has 0 aromatic rings. The molecule has 0 spiro atoms. The fourth-order valence-electron chi connectivity index (χ4n) is 0. The third-order valence-corrected chi connectivity index (χ3v) is 1.30. The van der Waals surface area contributed by atoms with Gasteiger partial charge in [-0.2, -0.15) is 0 Å². The van der Waals surface area contributed by atoms with Gasteiger partial charge in [0.15, 0.2) is 0 Å². The predicted molar refractivity (Wildman–Crippen MR) is 47.0 cm³/mol. The van der Waals surface area contributed by atoms with Crippen LogP contribution in [-0.4, -0.2) is 11.2 Å². The minimum absolute atomic E-state index is 0.148. The standard InChI is InChI=1S/C5H12O.C4H8/c1-4(2)5(3)6;1-3-4-2/h4-6H,1-3H3;3-4H,1-2H3/b;4-3+. The highest BCUT2D eigenvalue weighted by Crippen LogP contribution is 1.96. The van der Waals surface area contributed by atoms with Crippen LogP contribution < -0.4 is 0 Å². The topological polar surface area (TPSA) is 20.2 Å². The van der Waals surface area contributed by atoms with Crippen LogP contribution in [0.4, 0.5) is 0 Å².